The van der Waals surface area contributed by atoms with Crippen molar-refractivity contribution in [2.24, 2.45) is 0 Å². The predicted octanol–water partition coefficient (Wildman–Crippen LogP) is 6.63. The topological polar surface area (TPSA) is 0 Å². The summed E-state index contributed by atoms with van der Waals surface area (Å²) in [6.07, 6.45) is 12.6. The first-order valence-electron chi connectivity index (χ1n) is 7.93. The molecule has 0 fully saturated rings. The molecule has 0 bridgehead atoms. The Hall–Kier alpha value is -0.223. The molecule has 0 amide bonds. The van der Waals surface area contributed by atoms with Crippen LogP contribution in [-0.4, -0.2) is 36.8 Å². The molecule has 0 atom stereocenters. The zero-order valence-corrected chi connectivity index (χ0v) is 19.8. The Morgan fingerprint density at radius 3 is 0.727 bits per heavy atom. The molecular weight excluding hydrogens is 478 g/mol. The van der Waals surface area contributed by atoms with E-state index in [2.05, 4.69) is 84.1 Å². The van der Waals surface area contributed by atoms with Crippen LogP contribution in [-0.2, 0) is 0 Å². The maximum absolute atomic E-state index is 3.98. The van der Waals surface area contributed by atoms with E-state index in [1.807, 2.05) is 0 Å². The SMILES string of the molecule is C=C[CH2][Sn](/[CH]=[CH]/[Sn]([CH2]C=C)([CH2]C=C)[CH2]C=C)([CH2]C=C)[CH2]C=C. The molecule has 120 valence electrons. The molecule has 0 saturated carbocycles. The van der Waals surface area contributed by atoms with Gasteiger partial charge in [-0.05, 0) is 0 Å². The quantitative estimate of drug-likeness (QED) is 0.182. The van der Waals surface area contributed by atoms with Gasteiger partial charge in [0.1, 0.15) is 0 Å². The van der Waals surface area contributed by atoms with E-state index in [4.69, 9.17) is 0 Å². The molecule has 22 heavy (non-hydrogen) atoms. The molecule has 0 aliphatic rings. The summed E-state index contributed by atoms with van der Waals surface area (Å²) in [5, 5.41) is 0. The van der Waals surface area contributed by atoms with Crippen molar-refractivity contribution in [1.82, 2.24) is 0 Å². The van der Waals surface area contributed by atoms with Gasteiger partial charge < -0.3 is 0 Å². The van der Waals surface area contributed by atoms with Gasteiger partial charge in [0, 0.05) is 0 Å². The summed E-state index contributed by atoms with van der Waals surface area (Å²) in [6.45, 7) is 23.9. The molecule has 0 radical (unpaired) electrons. The Morgan fingerprint density at radius 2 is 0.591 bits per heavy atom. The van der Waals surface area contributed by atoms with Crippen molar-refractivity contribution in [1.29, 1.82) is 0 Å². The molecule has 0 nitrogen and oxygen atoms in total. The fourth-order valence-electron chi connectivity index (χ4n) is 2.99. The standard InChI is InChI=1S/6C3H5.C2H2.2Sn/c6*1-3-2;1-2;;/h6*3H,1-2H2;1-2H;;. The molecule has 0 saturated heterocycles. The monoisotopic (exact) mass is 512 g/mol. The Bertz CT molecular complexity index is 336. The molecule has 0 spiro atoms. The Labute approximate surface area is 146 Å². The van der Waals surface area contributed by atoms with Gasteiger partial charge in [-0.3, -0.25) is 0 Å². The zero-order chi connectivity index (χ0) is 16.9. The predicted molar refractivity (Wildman–Crippen MR) is 111 cm³/mol. The molecule has 0 aliphatic heterocycles. The van der Waals surface area contributed by atoms with Gasteiger partial charge in [0.25, 0.3) is 0 Å². The van der Waals surface area contributed by atoms with E-state index in [-0.39, 0.29) is 0 Å². The Balaban J connectivity index is 5.67. The van der Waals surface area contributed by atoms with E-state index in [1.165, 1.54) is 0 Å². The van der Waals surface area contributed by atoms with Gasteiger partial charge in [-0.2, -0.15) is 0 Å². The number of allylic oxidation sites excluding steroid dienone is 6. The van der Waals surface area contributed by atoms with E-state index in [9.17, 15) is 0 Å². The third-order valence-electron chi connectivity index (χ3n) is 4.10. The average molecular weight is 510 g/mol. The van der Waals surface area contributed by atoms with Crippen molar-refractivity contribution in [3.63, 3.8) is 0 Å². The molecular formula is C20H32Sn2. The minimum absolute atomic E-state index is 1.15. The number of rotatable bonds is 14. The first-order chi connectivity index (χ1) is 10.6. The summed E-state index contributed by atoms with van der Waals surface area (Å²) >= 11 is -4.84. The van der Waals surface area contributed by atoms with Crippen molar-refractivity contribution in [2.75, 3.05) is 0 Å². The van der Waals surface area contributed by atoms with Crippen LogP contribution in [0.2, 0.25) is 26.6 Å². The molecule has 0 aromatic carbocycles. The van der Waals surface area contributed by atoms with Crippen LogP contribution in [0.1, 0.15) is 0 Å². The van der Waals surface area contributed by atoms with Gasteiger partial charge in [-0.25, -0.2) is 0 Å². The van der Waals surface area contributed by atoms with Crippen LogP contribution >= 0.6 is 0 Å². The van der Waals surface area contributed by atoms with Crippen LogP contribution in [0.25, 0.3) is 0 Å². The van der Waals surface area contributed by atoms with E-state index >= 15 is 0 Å². The second-order valence-electron chi connectivity index (χ2n) is 6.01. The van der Waals surface area contributed by atoms with Crippen LogP contribution in [0, 0.1) is 0 Å². The van der Waals surface area contributed by atoms with Gasteiger partial charge in [0.05, 0.1) is 0 Å². The summed E-state index contributed by atoms with van der Waals surface area (Å²) in [5.41, 5.74) is 0. The third kappa shape index (κ3) is 7.36. The maximum atomic E-state index is 3.98. The van der Waals surface area contributed by atoms with E-state index in [0.29, 0.717) is 0 Å². The van der Waals surface area contributed by atoms with Crippen molar-refractivity contribution in [2.45, 2.75) is 26.6 Å². The Kier molecular flexibility index (Phi) is 12.1. The van der Waals surface area contributed by atoms with E-state index in [1.54, 1.807) is 0 Å². The molecule has 0 aromatic rings. The molecule has 0 heterocycles. The van der Waals surface area contributed by atoms with Crippen molar-refractivity contribution in [3.05, 3.63) is 84.1 Å². The van der Waals surface area contributed by atoms with Gasteiger partial charge >= 0.3 is 147 Å². The summed E-state index contributed by atoms with van der Waals surface area (Å²) < 4.78 is 12.2. The third-order valence-corrected chi connectivity index (χ3v) is 30.7. The fraction of sp³-hybridized carbons (Fsp3) is 0.300. The zero-order valence-electron chi connectivity index (χ0n) is 14.1. The summed E-state index contributed by atoms with van der Waals surface area (Å²) in [4.78, 5) is 0. The minimum atomic E-state index is -2.42. The molecule has 2 heteroatoms. The number of hydrogen-bond acceptors (Lipinski definition) is 0. The van der Waals surface area contributed by atoms with Crippen molar-refractivity contribution < 1.29 is 0 Å². The fourth-order valence-corrected chi connectivity index (χ4v) is 33.6. The average Bonchev–Trinajstić information content (AvgIpc) is 2.47. The first kappa shape index (κ1) is 21.8. The van der Waals surface area contributed by atoms with E-state index in [0.717, 1.165) is 26.6 Å². The van der Waals surface area contributed by atoms with Gasteiger partial charge in [-0.15, -0.1) is 0 Å². The van der Waals surface area contributed by atoms with E-state index < -0.39 is 36.8 Å². The normalized spacial score (nSPS) is 11.8. The second-order valence-corrected chi connectivity index (χ2v) is 30.5. The summed E-state index contributed by atoms with van der Waals surface area (Å²) in [6, 6.07) is 0. The first-order valence-corrected chi connectivity index (χ1v) is 23.3. The van der Waals surface area contributed by atoms with Gasteiger partial charge in [0.2, 0.25) is 0 Å². The second kappa shape index (κ2) is 12.2. The van der Waals surface area contributed by atoms with Crippen LogP contribution in [0.4, 0.5) is 0 Å². The molecule has 0 aromatic heterocycles. The van der Waals surface area contributed by atoms with Crippen LogP contribution in [0.3, 0.4) is 0 Å². The van der Waals surface area contributed by atoms with Crippen LogP contribution < -0.4 is 0 Å². The Morgan fingerprint density at radius 1 is 0.409 bits per heavy atom. The van der Waals surface area contributed by atoms with Crippen LogP contribution in [0.15, 0.2) is 84.1 Å². The number of hydrogen-bond donors (Lipinski definition) is 0. The van der Waals surface area contributed by atoms with Crippen LogP contribution in [0.5, 0.6) is 0 Å². The van der Waals surface area contributed by atoms with Crippen molar-refractivity contribution in [3.8, 4) is 0 Å². The molecule has 0 unspecified atom stereocenters. The summed E-state index contributed by atoms with van der Waals surface area (Å²) in [7, 11) is 0. The molecule has 0 aliphatic carbocycles. The summed E-state index contributed by atoms with van der Waals surface area (Å²) in [5.74, 6) is 0. The van der Waals surface area contributed by atoms with Gasteiger partial charge in [-0.1, -0.05) is 0 Å². The molecule has 0 rings (SSSR count). The van der Waals surface area contributed by atoms with Crippen molar-refractivity contribution >= 4 is 36.8 Å². The molecule has 0 N–H and O–H groups in total. The van der Waals surface area contributed by atoms with Gasteiger partial charge in [0.15, 0.2) is 0 Å².